The van der Waals surface area contributed by atoms with Crippen LogP contribution in [0.2, 0.25) is 0 Å². The molecule has 0 spiro atoms. The molecule has 1 N–H and O–H groups in total. The molecule has 0 aliphatic heterocycles. The first-order valence-electron chi connectivity index (χ1n) is 6.70. The van der Waals surface area contributed by atoms with Gasteiger partial charge in [0.2, 0.25) is 0 Å². The third-order valence-corrected chi connectivity index (χ3v) is 4.29. The number of nitrogens with zero attached hydrogens (tertiary/aromatic N) is 2. The van der Waals surface area contributed by atoms with Crippen LogP contribution in [0.25, 0.3) is 0 Å². The molecule has 2 heterocycles. The summed E-state index contributed by atoms with van der Waals surface area (Å²) in [7, 11) is 0. The molecule has 0 amide bonds. The number of rotatable bonds is 6. The quantitative estimate of drug-likeness (QED) is 0.877. The molecule has 1 atom stereocenters. The van der Waals surface area contributed by atoms with Crippen LogP contribution in [0.3, 0.4) is 0 Å². The highest BCUT2D eigenvalue weighted by Gasteiger charge is 2.07. The predicted octanol–water partition coefficient (Wildman–Crippen LogP) is 1.44. The van der Waals surface area contributed by atoms with Crippen molar-refractivity contribution in [1.29, 1.82) is 0 Å². The van der Waals surface area contributed by atoms with Crippen molar-refractivity contribution in [3.8, 4) is 0 Å². The van der Waals surface area contributed by atoms with Crippen molar-refractivity contribution in [2.45, 2.75) is 33.0 Å². The first-order chi connectivity index (χ1) is 9.63. The molecule has 5 nitrogen and oxygen atoms in total. The fourth-order valence-electron chi connectivity index (χ4n) is 2.03. The van der Waals surface area contributed by atoms with Crippen LogP contribution in [-0.2, 0) is 13.1 Å². The van der Waals surface area contributed by atoms with Gasteiger partial charge in [0.1, 0.15) is 0 Å². The maximum atomic E-state index is 12.0. The van der Waals surface area contributed by atoms with E-state index in [9.17, 15) is 9.59 Å². The second-order valence-corrected chi connectivity index (χ2v) is 5.54. The molecular weight excluding hydrogens is 274 g/mol. The molecule has 108 valence electrons. The van der Waals surface area contributed by atoms with Gasteiger partial charge in [-0.25, -0.2) is 4.79 Å². The van der Waals surface area contributed by atoms with E-state index < -0.39 is 0 Å². The topological polar surface area (TPSA) is 56.0 Å². The van der Waals surface area contributed by atoms with E-state index in [-0.39, 0.29) is 17.3 Å². The molecule has 0 aliphatic rings. The highest BCUT2D eigenvalue weighted by Crippen LogP contribution is 2.17. The van der Waals surface area contributed by atoms with Crippen molar-refractivity contribution in [3.05, 3.63) is 55.5 Å². The first-order valence-corrected chi connectivity index (χ1v) is 7.58. The fraction of sp³-hybridized carbons (Fsp3) is 0.429. The smallest absolute Gasteiger partial charge is 0.308 e. The van der Waals surface area contributed by atoms with E-state index in [0.717, 1.165) is 0 Å². The lowest BCUT2D eigenvalue weighted by molar-refractivity contribution is 0.500. The van der Waals surface area contributed by atoms with Crippen molar-refractivity contribution >= 4 is 11.3 Å². The second-order valence-electron chi connectivity index (χ2n) is 4.57. The second kappa shape index (κ2) is 6.67. The molecule has 2 rings (SSSR count). The van der Waals surface area contributed by atoms with Crippen LogP contribution in [0, 0.1) is 0 Å². The molecule has 0 aromatic carbocycles. The molecule has 1 unspecified atom stereocenters. The van der Waals surface area contributed by atoms with Gasteiger partial charge < -0.3 is 9.88 Å². The summed E-state index contributed by atoms with van der Waals surface area (Å²) in [6.45, 7) is 5.49. The summed E-state index contributed by atoms with van der Waals surface area (Å²) in [6, 6.07) is 5.75. The molecule has 2 aromatic rings. The van der Waals surface area contributed by atoms with Gasteiger partial charge in [-0.1, -0.05) is 6.07 Å². The first kappa shape index (κ1) is 14.7. The zero-order valence-electron chi connectivity index (χ0n) is 11.7. The van der Waals surface area contributed by atoms with Gasteiger partial charge in [0.25, 0.3) is 5.56 Å². The molecule has 0 fully saturated rings. The predicted molar refractivity (Wildman–Crippen MR) is 81.4 cm³/mol. The van der Waals surface area contributed by atoms with Crippen LogP contribution in [0.4, 0.5) is 0 Å². The molecule has 6 heteroatoms. The summed E-state index contributed by atoms with van der Waals surface area (Å²) in [5.41, 5.74) is -0.490. The normalized spacial score (nSPS) is 12.5. The fourth-order valence-corrected chi connectivity index (χ4v) is 2.79. The summed E-state index contributed by atoms with van der Waals surface area (Å²) in [4.78, 5) is 25.0. The van der Waals surface area contributed by atoms with Crippen LogP contribution in [0.1, 0.15) is 24.8 Å². The van der Waals surface area contributed by atoms with E-state index in [1.165, 1.54) is 20.1 Å². The lowest BCUT2D eigenvalue weighted by atomic mass is 10.3. The number of nitrogens with one attached hydrogen (secondary N) is 1. The minimum absolute atomic E-state index is 0.225. The summed E-state index contributed by atoms with van der Waals surface area (Å²) >= 11 is 1.69. The molecule has 20 heavy (non-hydrogen) atoms. The van der Waals surface area contributed by atoms with E-state index in [4.69, 9.17) is 0 Å². The van der Waals surface area contributed by atoms with Crippen molar-refractivity contribution < 1.29 is 0 Å². The Kier molecular flexibility index (Phi) is 4.92. The van der Waals surface area contributed by atoms with E-state index in [0.29, 0.717) is 19.6 Å². The Morgan fingerprint density at radius 1 is 1.35 bits per heavy atom. The number of thiophene rings is 1. The van der Waals surface area contributed by atoms with Gasteiger partial charge in [-0.15, -0.1) is 11.3 Å². The van der Waals surface area contributed by atoms with Gasteiger partial charge in [-0.05, 0) is 25.3 Å². The summed E-state index contributed by atoms with van der Waals surface area (Å²) in [5.74, 6) is 0. The lowest BCUT2D eigenvalue weighted by Crippen LogP contribution is -2.41. The Bertz CT molecular complexity index is 658. The maximum Gasteiger partial charge on any atom is 0.330 e. The third kappa shape index (κ3) is 3.26. The van der Waals surface area contributed by atoms with Crippen molar-refractivity contribution in [2.75, 3.05) is 6.54 Å². The molecule has 0 aliphatic carbocycles. The number of hydrogen-bond donors (Lipinski definition) is 1. The average molecular weight is 293 g/mol. The Morgan fingerprint density at radius 3 is 2.80 bits per heavy atom. The van der Waals surface area contributed by atoms with Crippen molar-refractivity contribution in [2.24, 2.45) is 0 Å². The number of hydrogen-bond acceptors (Lipinski definition) is 4. The van der Waals surface area contributed by atoms with Gasteiger partial charge in [0, 0.05) is 42.8 Å². The standard InChI is InChI=1S/C14H19N3O2S/c1-3-16-8-6-13(18)17(14(16)19)9-7-15-11(2)12-5-4-10-20-12/h4-6,8,10-11,15H,3,7,9H2,1-2H3. The monoisotopic (exact) mass is 293 g/mol. The zero-order chi connectivity index (χ0) is 14.5. The number of aryl methyl sites for hydroxylation is 1. The maximum absolute atomic E-state index is 12.0. The summed E-state index contributed by atoms with van der Waals surface area (Å²) < 4.78 is 2.81. The Labute approximate surface area is 121 Å². The van der Waals surface area contributed by atoms with Crippen LogP contribution >= 0.6 is 11.3 Å². The van der Waals surface area contributed by atoms with Gasteiger partial charge in [0.05, 0.1) is 0 Å². The zero-order valence-corrected chi connectivity index (χ0v) is 12.5. The van der Waals surface area contributed by atoms with E-state index in [1.54, 1.807) is 17.5 Å². The SMILES string of the molecule is CCn1ccc(=O)n(CCNC(C)c2cccs2)c1=O. The van der Waals surface area contributed by atoms with Crippen LogP contribution in [0.5, 0.6) is 0 Å². The highest BCUT2D eigenvalue weighted by atomic mass is 32.1. The van der Waals surface area contributed by atoms with E-state index in [1.807, 2.05) is 18.4 Å². The highest BCUT2D eigenvalue weighted by molar-refractivity contribution is 7.10. The van der Waals surface area contributed by atoms with Crippen molar-refractivity contribution in [3.63, 3.8) is 0 Å². The third-order valence-electron chi connectivity index (χ3n) is 3.24. The Balaban J connectivity index is 2.01. The largest absolute Gasteiger partial charge is 0.330 e. The molecule has 0 saturated carbocycles. The van der Waals surface area contributed by atoms with Crippen LogP contribution < -0.4 is 16.6 Å². The van der Waals surface area contributed by atoms with Gasteiger partial charge in [-0.2, -0.15) is 0 Å². The summed E-state index contributed by atoms with van der Waals surface area (Å²) in [5, 5.41) is 5.36. The van der Waals surface area contributed by atoms with Gasteiger partial charge in [-0.3, -0.25) is 9.36 Å². The molecule has 2 aromatic heterocycles. The minimum Gasteiger partial charge on any atom is -0.308 e. The van der Waals surface area contributed by atoms with Gasteiger partial charge in [0.15, 0.2) is 0 Å². The minimum atomic E-state index is -0.245. The number of aromatic nitrogens is 2. The summed E-state index contributed by atoms with van der Waals surface area (Å²) in [6.07, 6.45) is 1.54. The average Bonchev–Trinajstić information content (AvgIpc) is 2.96. The van der Waals surface area contributed by atoms with Crippen molar-refractivity contribution in [1.82, 2.24) is 14.5 Å². The molecular formula is C14H19N3O2S. The lowest BCUT2D eigenvalue weighted by Gasteiger charge is -2.13. The van der Waals surface area contributed by atoms with Crippen LogP contribution in [-0.4, -0.2) is 15.7 Å². The Morgan fingerprint density at radius 2 is 2.15 bits per heavy atom. The molecule has 0 bridgehead atoms. The van der Waals surface area contributed by atoms with E-state index in [2.05, 4.69) is 18.3 Å². The molecule has 0 radical (unpaired) electrons. The van der Waals surface area contributed by atoms with Gasteiger partial charge >= 0.3 is 5.69 Å². The van der Waals surface area contributed by atoms with Crippen LogP contribution in [0.15, 0.2) is 39.4 Å². The Hall–Kier alpha value is -1.66. The molecule has 0 saturated heterocycles. The van der Waals surface area contributed by atoms with E-state index >= 15 is 0 Å².